The number of benzene rings is 2. The van der Waals surface area contributed by atoms with Crippen LogP contribution >= 0.6 is 0 Å². The molecule has 0 aliphatic rings. The van der Waals surface area contributed by atoms with Gasteiger partial charge in [0.05, 0.1) is 7.11 Å². The molecule has 2 rings (SSSR count). The Balaban J connectivity index is 2.11. The number of carboxylic acid groups (broad SMARTS) is 1. The van der Waals surface area contributed by atoms with E-state index in [0.717, 1.165) is 10.8 Å². The molecule has 0 aromatic heterocycles. The summed E-state index contributed by atoms with van der Waals surface area (Å²) in [5, 5.41) is 13.3. The minimum atomic E-state index is -1.11. The topological polar surface area (TPSA) is 102 Å². The molecule has 6 nitrogen and oxygen atoms in total. The zero-order chi connectivity index (χ0) is 16.1. The van der Waals surface area contributed by atoms with Crippen LogP contribution in [0.5, 0.6) is 5.75 Å². The van der Waals surface area contributed by atoms with Gasteiger partial charge in [0.2, 0.25) is 5.91 Å². The van der Waals surface area contributed by atoms with Gasteiger partial charge in [0, 0.05) is 23.6 Å². The number of carbonyl (C=O) groups is 2. The Bertz CT molecular complexity index is 700. The maximum Gasteiger partial charge on any atom is 0.320 e. The molecule has 22 heavy (non-hydrogen) atoms. The fraction of sp³-hybridized carbons (Fsp3) is 0.250. The van der Waals surface area contributed by atoms with Gasteiger partial charge < -0.3 is 20.9 Å². The van der Waals surface area contributed by atoms with Crippen molar-refractivity contribution in [2.24, 2.45) is 5.73 Å². The summed E-state index contributed by atoms with van der Waals surface area (Å²) in [5.74, 6) is -0.732. The van der Waals surface area contributed by atoms with Crippen LogP contribution in [0.2, 0.25) is 0 Å². The van der Waals surface area contributed by atoms with Crippen molar-refractivity contribution in [1.29, 1.82) is 0 Å². The van der Waals surface area contributed by atoms with Crippen LogP contribution in [0.25, 0.3) is 10.8 Å². The summed E-state index contributed by atoms with van der Waals surface area (Å²) in [6.07, 6.45) is 0.133. The molecule has 116 valence electrons. The Morgan fingerprint density at radius 1 is 1.32 bits per heavy atom. The van der Waals surface area contributed by atoms with Gasteiger partial charge in [-0.25, -0.2) is 0 Å². The normalized spacial score (nSPS) is 11.9. The highest BCUT2D eigenvalue weighted by Gasteiger charge is 2.14. The molecule has 0 unspecified atom stereocenters. The van der Waals surface area contributed by atoms with Gasteiger partial charge in [0.15, 0.2) is 0 Å². The van der Waals surface area contributed by atoms with Crippen LogP contribution in [0.4, 0.5) is 5.69 Å². The number of fused-ring (bicyclic) bond motifs is 1. The summed E-state index contributed by atoms with van der Waals surface area (Å²) in [6, 6.07) is 10.2. The molecule has 0 saturated heterocycles. The van der Waals surface area contributed by atoms with Crippen LogP contribution in [0.3, 0.4) is 0 Å². The van der Waals surface area contributed by atoms with Gasteiger partial charge in [-0.05, 0) is 17.9 Å². The molecular weight excluding hydrogens is 284 g/mol. The first-order chi connectivity index (χ1) is 10.5. The minimum Gasteiger partial charge on any atom is -0.496 e. The number of hydrogen-bond donors (Lipinski definition) is 3. The monoisotopic (exact) mass is 302 g/mol. The lowest BCUT2D eigenvalue weighted by atomic mass is 10.1. The van der Waals surface area contributed by atoms with Crippen molar-refractivity contribution < 1.29 is 19.4 Å². The maximum atomic E-state index is 11.9. The molecular formula is C16H18N2O4. The van der Waals surface area contributed by atoms with Crippen LogP contribution in [-0.4, -0.2) is 30.1 Å². The molecule has 4 N–H and O–H groups in total. The van der Waals surface area contributed by atoms with Gasteiger partial charge in [0.1, 0.15) is 11.8 Å². The number of aliphatic carboxylic acids is 1. The van der Waals surface area contributed by atoms with E-state index in [9.17, 15) is 9.59 Å². The van der Waals surface area contributed by atoms with E-state index in [-0.39, 0.29) is 18.7 Å². The zero-order valence-electron chi connectivity index (χ0n) is 12.2. The van der Waals surface area contributed by atoms with Crippen LogP contribution in [0.1, 0.15) is 12.8 Å². The maximum absolute atomic E-state index is 11.9. The predicted molar refractivity (Wildman–Crippen MR) is 84.0 cm³/mol. The SMILES string of the molecule is COc1cc(NC(=O)CC[C@@H](N)C(=O)O)cc2ccccc12. The summed E-state index contributed by atoms with van der Waals surface area (Å²) >= 11 is 0. The third-order valence-corrected chi connectivity index (χ3v) is 3.33. The van der Waals surface area contributed by atoms with E-state index in [1.54, 1.807) is 13.2 Å². The highest BCUT2D eigenvalue weighted by Crippen LogP contribution is 2.29. The number of amides is 1. The molecule has 0 bridgehead atoms. The summed E-state index contributed by atoms with van der Waals surface area (Å²) in [5.41, 5.74) is 5.98. The fourth-order valence-electron chi connectivity index (χ4n) is 2.15. The van der Waals surface area contributed by atoms with E-state index in [0.29, 0.717) is 11.4 Å². The summed E-state index contributed by atoms with van der Waals surface area (Å²) in [4.78, 5) is 22.5. The zero-order valence-corrected chi connectivity index (χ0v) is 12.2. The number of methoxy groups -OCH3 is 1. The smallest absolute Gasteiger partial charge is 0.320 e. The molecule has 0 fully saturated rings. The standard InChI is InChI=1S/C16H18N2O4/c1-22-14-9-11(8-10-4-2-3-5-12(10)14)18-15(19)7-6-13(17)16(20)21/h2-5,8-9,13H,6-7,17H2,1H3,(H,18,19)(H,20,21)/t13-/m1/s1. The predicted octanol–water partition coefficient (Wildman–Crippen LogP) is 1.98. The van der Waals surface area contributed by atoms with Crippen LogP contribution in [-0.2, 0) is 9.59 Å². The Morgan fingerprint density at radius 2 is 2.05 bits per heavy atom. The van der Waals surface area contributed by atoms with Crippen molar-refractivity contribution in [2.75, 3.05) is 12.4 Å². The second-order valence-electron chi connectivity index (χ2n) is 4.93. The van der Waals surface area contributed by atoms with E-state index in [1.165, 1.54) is 0 Å². The number of carbonyl (C=O) groups excluding carboxylic acids is 1. The molecule has 0 aliphatic carbocycles. The lowest BCUT2D eigenvalue weighted by Gasteiger charge is -2.11. The van der Waals surface area contributed by atoms with E-state index >= 15 is 0 Å². The van der Waals surface area contributed by atoms with Crippen molar-refractivity contribution in [3.8, 4) is 5.75 Å². The van der Waals surface area contributed by atoms with E-state index in [1.807, 2.05) is 30.3 Å². The molecule has 0 aliphatic heterocycles. The highest BCUT2D eigenvalue weighted by atomic mass is 16.5. The van der Waals surface area contributed by atoms with Crippen LogP contribution in [0, 0.1) is 0 Å². The van der Waals surface area contributed by atoms with E-state index in [4.69, 9.17) is 15.6 Å². The van der Waals surface area contributed by atoms with Crippen molar-refractivity contribution in [3.05, 3.63) is 36.4 Å². The Morgan fingerprint density at radius 3 is 2.73 bits per heavy atom. The van der Waals surface area contributed by atoms with Crippen molar-refractivity contribution in [1.82, 2.24) is 0 Å². The van der Waals surface area contributed by atoms with Crippen LogP contribution < -0.4 is 15.8 Å². The lowest BCUT2D eigenvalue weighted by Crippen LogP contribution is -2.31. The lowest BCUT2D eigenvalue weighted by molar-refractivity contribution is -0.138. The second kappa shape index (κ2) is 6.91. The first-order valence-electron chi connectivity index (χ1n) is 6.86. The largest absolute Gasteiger partial charge is 0.496 e. The molecule has 0 heterocycles. The number of nitrogens with two attached hydrogens (primary N) is 1. The first-order valence-corrected chi connectivity index (χ1v) is 6.86. The number of hydrogen-bond acceptors (Lipinski definition) is 4. The molecule has 1 atom stereocenters. The van der Waals surface area contributed by atoms with E-state index in [2.05, 4.69) is 5.32 Å². The van der Waals surface area contributed by atoms with Crippen molar-refractivity contribution in [3.63, 3.8) is 0 Å². The van der Waals surface area contributed by atoms with Gasteiger partial charge in [-0.3, -0.25) is 9.59 Å². The Kier molecular flexibility index (Phi) is 4.95. The van der Waals surface area contributed by atoms with Gasteiger partial charge >= 0.3 is 5.97 Å². The molecule has 0 radical (unpaired) electrons. The molecule has 0 saturated carbocycles. The number of carboxylic acids is 1. The van der Waals surface area contributed by atoms with Crippen molar-refractivity contribution >= 4 is 28.3 Å². The third-order valence-electron chi connectivity index (χ3n) is 3.33. The summed E-state index contributed by atoms with van der Waals surface area (Å²) in [7, 11) is 1.57. The average molecular weight is 302 g/mol. The van der Waals surface area contributed by atoms with Gasteiger partial charge in [-0.2, -0.15) is 0 Å². The molecule has 6 heteroatoms. The highest BCUT2D eigenvalue weighted by molar-refractivity contribution is 5.97. The second-order valence-corrected chi connectivity index (χ2v) is 4.93. The third kappa shape index (κ3) is 3.73. The number of ether oxygens (including phenoxy) is 1. The quantitative estimate of drug-likeness (QED) is 0.757. The molecule has 0 spiro atoms. The van der Waals surface area contributed by atoms with Crippen LogP contribution in [0.15, 0.2) is 36.4 Å². The fourth-order valence-corrected chi connectivity index (χ4v) is 2.15. The number of anilines is 1. The van der Waals surface area contributed by atoms with Gasteiger partial charge in [0.25, 0.3) is 0 Å². The van der Waals surface area contributed by atoms with Crippen molar-refractivity contribution in [2.45, 2.75) is 18.9 Å². The minimum absolute atomic E-state index is 0.0443. The Labute approximate surface area is 127 Å². The van der Waals surface area contributed by atoms with Gasteiger partial charge in [-0.1, -0.05) is 24.3 Å². The summed E-state index contributed by atoms with van der Waals surface area (Å²) in [6.45, 7) is 0. The molecule has 2 aromatic carbocycles. The number of rotatable bonds is 6. The Hall–Kier alpha value is -2.60. The average Bonchev–Trinajstić information content (AvgIpc) is 2.51. The first kappa shape index (κ1) is 15.8. The summed E-state index contributed by atoms with van der Waals surface area (Å²) < 4.78 is 5.33. The number of nitrogens with one attached hydrogen (secondary N) is 1. The molecule has 1 amide bonds. The van der Waals surface area contributed by atoms with E-state index < -0.39 is 12.0 Å². The van der Waals surface area contributed by atoms with Gasteiger partial charge in [-0.15, -0.1) is 0 Å². The molecule has 2 aromatic rings.